The lowest BCUT2D eigenvalue weighted by atomic mass is 9.87. The molecule has 102 valence electrons. The van der Waals surface area contributed by atoms with Crippen molar-refractivity contribution in [3.05, 3.63) is 23.8 Å². The zero-order valence-electron chi connectivity index (χ0n) is 11.2. The third-order valence-corrected chi connectivity index (χ3v) is 4.25. The van der Waals surface area contributed by atoms with E-state index in [9.17, 15) is 4.79 Å². The number of ether oxygens (including phenoxy) is 2. The van der Waals surface area contributed by atoms with E-state index in [1.165, 1.54) is 32.8 Å². The fourth-order valence-electron chi connectivity index (χ4n) is 3.04. The normalized spacial score (nSPS) is 20.1. The molecule has 4 nitrogen and oxygen atoms in total. The fourth-order valence-corrected chi connectivity index (χ4v) is 3.04. The smallest absolute Gasteiger partial charge is 0.337 e. The fraction of sp³-hybridized carbons (Fsp3) is 0.533. The molecule has 1 aromatic rings. The molecule has 1 heterocycles. The highest BCUT2D eigenvalue weighted by Crippen LogP contribution is 2.42. The Labute approximate surface area is 113 Å². The molecule has 0 atom stereocenters. The third kappa shape index (κ3) is 2.27. The summed E-state index contributed by atoms with van der Waals surface area (Å²) in [5, 5.41) is 3.46. The number of anilines is 1. The maximum atomic E-state index is 11.5. The summed E-state index contributed by atoms with van der Waals surface area (Å²) in [6.07, 6.45) is 5.01. The molecular weight excluding hydrogens is 242 g/mol. The number of hydrogen-bond acceptors (Lipinski definition) is 4. The number of methoxy groups -OCH3 is 1. The minimum atomic E-state index is -0.328. The van der Waals surface area contributed by atoms with Crippen LogP contribution in [0.15, 0.2) is 18.2 Å². The summed E-state index contributed by atoms with van der Waals surface area (Å²) in [6.45, 7) is 1.69. The number of hydrogen-bond donors (Lipinski definition) is 1. The van der Waals surface area contributed by atoms with Crippen molar-refractivity contribution in [2.45, 2.75) is 25.7 Å². The van der Waals surface area contributed by atoms with Gasteiger partial charge in [-0.15, -0.1) is 0 Å². The number of benzene rings is 1. The first-order valence-electron chi connectivity index (χ1n) is 6.82. The van der Waals surface area contributed by atoms with E-state index in [1.807, 2.05) is 6.07 Å². The molecule has 4 heteroatoms. The van der Waals surface area contributed by atoms with Crippen LogP contribution in [0.5, 0.6) is 5.75 Å². The van der Waals surface area contributed by atoms with Crippen LogP contribution in [0.25, 0.3) is 0 Å². The van der Waals surface area contributed by atoms with E-state index in [4.69, 9.17) is 9.47 Å². The predicted molar refractivity (Wildman–Crippen MR) is 72.7 cm³/mol. The molecule has 3 rings (SSSR count). The van der Waals surface area contributed by atoms with Gasteiger partial charge in [0.15, 0.2) is 0 Å². The Bertz CT molecular complexity index is 492. The van der Waals surface area contributed by atoms with E-state index in [-0.39, 0.29) is 11.4 Å². The standard InChI is InChI=1S/C15H19NO3/c1-18-14(17)11-4-5-12-13(8-11)19-10-15(9-16-12)6-2-3-7-15/h4-5,8,16H,2-3,6-7,9-10H2,1H3. The van der Waals surface area contributed by atoms with Gasteiger partial charge in [-0.05, 0) is 31.0 Å². The Kier molecular flexibility index (Phi) is 3.09. The van der Waals surface area contributed by atoms with Gasteiger partial charge < -0.3 is 14.8 Å². The number of fused-ring (bicyclic) bond motifs is 1. The first-order valence-corrected chi connectivity index (χ1v) is 6.82. The van der Waals surface area contributed by atoms with Crippen molar-refractivity contribution in [1.82, 2.24) is 0 Å². The number of rotatable bonds is 1. The summed E-state index contributed by atoms with van der Waals surface area (Å²) >= 11 is 0. The molecule has 0 saturated heterocycles. The third-order valence-electron chi connectivity index (χ3n) is 4.25. The van der Waals surface area contributed by atoms with Crippen LogP contribution in [-0.2, 0) is 4.74 Å². The topological polar surface area (TPSA) is 47.6 Å². The molecule has 1 spiro atoms. The Morgan fingerprint density at radius 2 is 2.16 bits per heavy atom. The van der Waals surface area contributed by atoms with Crippen molar-refractivity contribution in [1.29, 1.82) is 0 Å². The summed E-state index contributed by atoms with van der Waals surface area (Å²) in [5.41, 5.74) is 1.77. The van der Waals surface area contributed by atoms with E-state index >= 15 is 0 Å². The molecule has 0 aromatic heterocycles. The van der Waals surface area contributed by atoms with Gasteiger partial charge in [0.25, 0.3) is 0 Å². The Balaban J connectivity index is 1.84. The van der Waals surface area contributed by atoms with Crippen molar-refractivity contribution >= 4 is 11.7 Å². The Morgan fingerprint density at radius 1 is 1.37 bits per heavy atom. The maximum Gasteiger partial charge on any atom is 0.337 e. The highest BCUT2D eigenvalue weighted by atomic mass is 16.5. The zero-order chi connectivity index (χ0) is 13.3. The largest absolute Gasteiger partial charge is 0.491 e. The van der Waals surface area contributed by atoms with E-state index in [0.29, 0.717) is 5.56 Å². The lowest BCUT2D eigenvalue weighted by molar-refractivity contribution is 0.0600. The van der Waals surface area contributed by atoms with E-state index in [1.54, 1.807) is 12.1 Å². The number of carbonyl (C=O) groups is 1. The summed E-state index contributed by atoms with van der Waals surface area (Å²) in [5.74, 6) is 0.429. The molecule has 0 radical (unpaired) electrons. The number of esters is 1. The lowest BCUT2D eigenvalue weighted by Crippen LogP contribution is -2.30. The monoisotopic (exact) mass is 261 g/mol. The van der Waals surface area contributed by atoms with Crippen molar-refractivity contribution in [2.75, 3.05) is 25.6 Å². The van der Waals surface area contributed by atoms with E-state index in [0.717, 1.165) is 24.6 Å². The number of nitrogens with one attached hydrogen (secondary N) is 1. The Morgan fingerprint density at radius 3 is 2.89 bits per heavy atom. The van der Waals surface area contributed by atoms with Crippen LogP contribution in [0, 0.1) is 5.41 Å². The van der Waals surface area contributed by atoms with Gasteiger partial charge in [-0.3, -0.25) is 0 Å². The predicted octanol–water partition coefficient (Wildman–Crippen LogP) is 2.84. The molecule has 1 aliphatic heterocycles. The van der Waals surface area contributed by atoms with Crippen LogP contribution in [0.2, 0.25) is 0 Å². The van der Waals surface area contributed by atoms with Gasteiger partial charge in [-0.1, -0.05) is 12.8 Å². The van der Waals surface area contributed by atoms with Crippen molar-refractivity contribution in [3.63, 3.8) is 0 Å². The molecule has 1 aliphatic carbocycles. The van der Waals surface area contributed by atoms with Gasteiger partial charge in [0.2, 0.25) is 0 Å². The molecule has 1 saturated carbocycles. The maximum absolute atomic E-state index is 11.5. The van der Waals surface area contributed by atoms with Crippen LogP contribution < -0.4 is 10.1 Å². The van der Waals surface area contributed by atoms with E-state index < -0.39 is 0 Å². The molecule has 1 N–H and O–H groups in total. The molecule has 2 aliphatic rings. The van der Waals surface area contributed by atoms with Gasteiger partial charge in [-0.25, -0.2) is 4.79 Å². The highest BCUT2D eigenvalue weighted by molar-refractivity contribution is 5.90. The molecule has 0 unspecified atom stereocenters. The summed E-state index contributed by atoms with van der Waals surface area (Å²) in [6, 6.07) is 5.44. The molecule has 1 aromatic carbocycles. The minimum absolute atomic E-state index is 0.268. The van der Waals surface area contributed by atoms with Gasteiger partial charge in [0, 0.05) is 12.0 Å². The quantitative estimate of drug-likeness (QED) is 0.790. The first kappa shape index (κ1) is 12.3. The second-order valence-electron chi connectivity index (χ2n) is 5.55. The summed E-state index contributed by atoms with van der Waals surface area (Å²) in [4.78, 5) is 11.5. The SMILES string of the molecule is COC(=O)c1ccc2c(c1)OCC1(CCCC1)CN2. The van der Waals surface area contributed by atoms with Gasteiger partial charge >= 0.3 is 5.97 Å². The molecule has 0 amide bonds. The summed E-state index contributed by atoms with van der Waals surface area (Å²) < 4.78 is 10.7. The van der Waals surface area contributed by atoms with Crippen LogP contribution in [0.1, 0.15) is 36.0 Å². The van der Waals surface area contributed by atoms with Crippen LogP contribution in [0.4, 0.5) is 5.69 Å². The first-order chi connectivity index (χ1) is 9.22. The molecule has 19 heavy (non-hydrogen) atoms. The Hall–Kier alpha value is -1.71. The number of carbonyl (C=O) groups excluding carboxylic acids is 1. The molecular formula is C15H19NO3. The lowest BCUT2D eigenvalue weighted by Gasteiger charge is -2.25. The van der Waals surface area contributed by atoms with Gasteiger partial charge in [0.05, 0.1) is 25.0 Å². The minimum Gasteiger partial charge on any atom is -0.491 e. The second-order valence-corrected chi connectivity index (χ2v) is 5.55. The van der Waals surface area contributed by atoms with Crippen LogP contribution in [-0.4, -0.2) is 26.2 Å². The van der Waals surface area contributed by atoms with Crippen molar-refractivity contribution in [3.8, 4) is 5.75 Å². The average molecular weight is 261 g/mol. The second kappa shape index (κ2) is 4.76. The van der Waals surface area contributed by atoms with Crippen LogP contribution >= 0.6 is 0 Å². The van der Waals surface area contributed by atoms with Crippen molar-refractivity contribution < 1.29 is 14.3 Å². The van der Waals surface area contributed by atoms with Gasteiger partial charge in [0.1, 0.15) is 5.75 Å². The van der Waals surface area contributed by atoms with Gasteiger partial charge in [-0.2, -0.15) is 0 Å². The van der Waals surface area contributed by atoms with E-state index in [2.05, 4.69) is 5.32 Å². The zero-order valence-corrected chi connectivity index (χ0v) is 11.2. The average Bonchev–Trinajstić information content (AvgIpc) is 2.83. The van der Waals surface area contributed by atoms with Crippen LogP contribution in [0.3, 0.4) is 0 Å². The highest BCUT2D eigenvalue weighted by Gasteiger charge is 2.36. The van der Waals surface area contributed by atoms with Crippen molar-refractivity contribution in [2.24, 2.45) is 5.41 Å². The summed E-state index contributed by atoms with van der Waals surface area (Å²) in [7, 11) is 1.39. The molecule has 1 fully saturated rings. The molecule has 0 bridgehead atoms.